The molecule has 66 valence electrons. The third kappa shape index (κ3) is 1.85. The second kappa shape index (κ2) is 3.92. The molecule has 1 atom stereocenters. The summed E-state index contributed by atoms with van der Waals surface area (Å²) in [6, 6.07) is 1.52. The Hall–Kier alpha value is -1.29. The van der Waals surface area contributed by atoms with Gasteiger partial charge in [-0.2, -0.15) is 0 Å². The van der Waals surface area contributed by atoms with Crippen LogP contribution in [0, 0.1) is 0 Å². The Morgan fingerprint density at radius 1 is 1.83 bits per heavy atom. The molecule has 0 fully saturated rings. The van der Waals surface area contributed by atoms with Gasteiger partial charge in [0.1, 0.15) is 0 Å². The number of hydrogen-bond donors (Lipinski definition) is 1. The second-order valence-electron chi connectivity index (χ2n) is 2.21. The minimum Gasteiger partial charge on any atom is -0.472 e. The number of hydrogen-bond acceptors (Lipinski definition) is 4. The van der Waals surface area contributed by atoms with E-state index in [0.29, 0.717) is 5.56 Å². The van der Waals surface area contributed by atoms with Crippen LogP contribution in [0.4, 0.5) is 0 Å². The second-order valence-corrected chi connectivity index (χ2v) is 2.21. The molecule has 1 N–H and O–H groups in total. The van der Waals surface area contributed by atoms with Crippen molar-refractivity contribution in [2.45, 2.75) is 13.0 Å². The Balaban J connectivity index is 2.59. The third-order valence-electron chi connectivity index (χ3n) is 1.37. The van der Waals surface area contributed by atoms with E-state index < -0.39 is 12.1 Å². The van der Waals surface area contributed by atoms with E-state index in [0.717, 1.165) is 0 Å². The van der Waals surface area contributed by atoms with Crippen LogP contribution in [0.3, 0.4) is 0 Å². The van der Waals surface area contributed by atoms with Gasteiger partial charge in [0.05, 0.1) is 19.1 Å². The standard InChI is InChI=1S/C8H10O4/c1-2-12-8(10)7(9)6-3-4-11-5-6/h3-5,7,9H,2H2,1H3. The van der Waals surface area contributed by atoms with Gasteiger partial charge in [-0.1, -0.05) is 0 Å². The normalized spacial score (nSPS) is 12.5. The average molecular weight is 170 g/mol. The first-order chi connectivity index (χ1) is 5.75. The monoisotopic (exact) mass is 170 g/mol. The highest BCUT2D eigenvalue weighted by Crippen LogP contribution is 2.14. The molecular weight excluding hydrogens is 160 g/mol. The van der Waals surface area contributed by atoms with E-state index in [-0.39, 0.29) is 6.61 Å². The Morgan fingerprint density at radius 2 is 2.58 bits per heavy atom. The van der Waals surface area contributed by atoms with Gasteiger partial charge in [0.15, 0.2) is 6.10 Å². The lowest BCUT2D eigenvalue weighted by Gasteiger charge is -2.05. The molecule has 4 nitrogen and oxygen atoms in total. The van der Waals surface area contributed by atoms with Crippen molar-refractivity contribution >= 4 is 5.97 Å². The molecule has 1 unspecified atom stereocenters. The van der Waals surface area contributed by atoms with Crippen LogP contribution in [0.2, 0.25) is 0 Å². The van der Waals surface area contributed by atoms with Gasteiger partial charge in [-0.05, 0) is 13.0 Å². The molecule has 0 spiro atoms. The third-order valence-corrected chi connectivity index (χ3v) is 1.37. The Labute approximate surface area is 69.8 Å². The van der Waals surface area contributed by atoms with Crippen molar-refractivity contribution in [2.24, 2.45) is 0 Å². The number of carbonyl (C=O) groups excluding carboxylic acids is 1. The van der Waals surface area contributed by atoms with Gasteiger partial charge in [-0.15, -0.1) is 0 Å². The molecule has 0 aliphatic carbocycles. The molecule has 1 aromatic rings. The van der Waals surface area contributed by atoms with Gasteiger partial charge in [0.25, 0.3) is 0 Å². The van der Waals surface area contributed by atoms with Crippen molar-refractivity contribution in [3.8, 4) is 0 Å². The van der Waals surface area contributed by atoms with Crippen LogP contribution < -0.4 is 0 Å². The van der Waals surface area contributed by atoms with Gasteiger partial charge in [-0.25, -0.2) is 4.79 Å². The molecule has 1 aromatic heterocycles. The van der Waals surface area contributed by atoms with Crippen LogP contribution in [-0.4, -0.2) is 17.7 Å². The zero-order valence-corrected chi connectivity index (χ0v) is 6.69. The SMILES string of the molecule is CCOC(=O)C(O)c1ccoc1. The molecule has 0 radical (unpaired) electrons. The Kier molecular flexibility index (Phi) is 2.88. The maximum Gasteiger partial charge on any atom is 0.339 e. The Morgan fingerprint density at radius 3 is 3.08 bits per heavy atom. The molecule has 0 saturated carbocycles. The smallest absolute Gasteiger partial charge is 0.339 e. The zero-order valence-electron chi connectivity index (χ0n) is 6.69. The predicted octanol–water partition coefficient (Wildman–Crippen LogP) is 0.876. The van der Waals surface area contributed by atoms with Crippen molar-refractivity contribution < 1.29 is 19.1 Å². The summed E-state index contributed by atoms with van der Waals surface area (Å²) in [4.78, 5) is 10.9. The Bertz CT molecular complexity index is 240. The predicted molar refractivity (Wildman–Crippen MR) is 40.3 cm³/mol. The quantitative estimate of drug-likeness (QED) is 0.684. The van der Waals surface area contributed by atoms with Gasteiger partial charge >= 0.3 is 5.97 Å². The number of aliphatic hydroxyl groups excluding tert-OH is 1. The van der Waals surface area contributed by atoms with Crippen LogP contribution in [0.1, 0.15) is 18.6 Å². The molecule has 0 bridgehead atoms. The van der Waals surface area contributed by atoms with Gasteiger partial charge in [0.2, 0.25) is 0 Å². The zero-order chi connectivity index (χ0) is 8.97. The molecule has 0 aromatic carbocycles. The van der Waals surface area contributed by atoms with E-state index in [1.807, 2.05) is 0 Å². The number of rotatable bonds is 3. The van der Waals surface area contributed by atoms with Crippen LogP contribution in [0.5, 0.6) is 0 Å². The lowest BCUT2D eigenvalue weighted by atomic mass is 10.2. The van der Waals surface area contributed by atoms with Crippen LogP contribution >= 0.6 is 0 Å². The fraction of sp³-hybridized carbons (Fsp3) is 0.375. The maximum atomic E-state index is 10.9. The van der Waals surface area contributed by atoms with Gasteiger partial charge in [-0.3, -0.25) is 0 Å². The topological polar surface area (TPSA) is 59.7 Å². The van der Waals surface area contributed by atoms with Gasteiger partial charge in [0, 0.05) is 5.56 Å². The first-order valence-corrected chi connectivity index (χ1v) is 3.62. The van der Waals surface area contributed by atoms with Crippen LogP contribution in [0.15, 0.2) is 23.0 Å². The summed E-state index contributed by atoms with van der Waals surface area (Å²) < 4.78 is 9.29. The number of carbonyl (C=O) groups is 1. The van der Waals surface area contributed by atoms with Crippen molar-refractivity contribution in [1.82, 2.24) is 0 Å². The molecule has 1 heterocycles. The summed E-state index contributed by atoms with van der Waals surface area (Å²) in [5.41, 5.74) is 0.411. The van der Waals surface area contributed by atoms with Crippen LogP contribution in [0.25, 0.3) is 0 Å². The average Bonchev–Trinajstić information content (AvgIpc) is 2.55. The highest BCUT2D eigenvalue weighted by Gasteiger charge is 2.18. The summed E-state index contributed by atoms with van der Waals surface area (Å²) in [5, 5.41) is 9.27. The molecule has 4 heteroatoms. The number of esters is 1. The number of furan rings is 1. The highest BCUT2D eigenvalue weighted by molar-refractivity contribution is 5.75. The minimum absolute atomic E-state index is 0.258. The lowest BCUT2D eigenvalue weighted by Crippen LogP contribution is -2.14. The number of aliphatic hydroxyl groups is 1. The van der Waals surface area contributed by atoms with Crippen molar-refractivity contribution in [3.05, 3.63) is 24.2 Å². The molecule has 0 aliphatic rings. The van der Waals surface area contributed by atoms with Crippen molar-refractivity contribution in [2.75, 3.05) is 6.61 Å². The molecule has 0 saturated heterocycles. The first-order valence-electron chi connectivity index (χ1n) is 3.62. The fourth-order valence-electron chi connectivity index (χ4n) is 0.788. The minimum atomic E-state index is -1.23. The van der Waals surface area contributed by atoms with E-state index in [9.17, 15) is 9.90 Å². The molecule has 0 aliphatic heterocycles. The fourth-order valence-corrected chi connectivity index (χ4v) is 0.788. The van der Waals surface area contributed by atoms with Crippen molar-refractivity contribution in [1.29, 1.82) is 0 Å². The summed E-state index contributed by atoms with van der Waals surface area (Å²) in [5.74, 6) is -0.654. The van der Waals surface area contributed by atoms with Crippen molar-refractivity contribution in [3.63, 3.8) is 0 Å². The first kappa shape index (κ1) is 8.80. The maximum absolute atomic E-state index is 10.9. The largest absolute Gasteiger partial charge is 0.472 e. The van der Waals surface area contributed by atoms with E-state index >= 15 is 0 Å². The summed E-state index contributed by atoms with van der Waals surface area (Å²) in [6.45, 7) is 1.94. The highest BCUT2D eigenvalue weighted by atomic mass is 16.5. The molecular formula is C8H10O4. The molecule has 0 amide bonds. The molecule has 1 rings (SSSR count). The van der Waals surface area contributed by atoms with Gasteiger partial charge < -0.3 is 14.3 Å². The van der Waals surface area contributed by atoms with E-state index in [2.05, 4.69) is 4.74 Å². The summed E-state index contributed by atoms with van der Waals surface area (Å²) in [7, 11) is 0. The summed E-state index contributed by atoms with van der Waals surface area (Å²) >= 11 is 0. The van der Waals surface area contributed by atoms with E-state index in [1.165, 1.54) is 18.6 Å². The number of ether oxygens (including phenoxy) is 1. The lowest BCUT2D eigenvalue weighted by molar-refractivity contribution is -0.153. The van der Waals surface area contributed by atoms with Crippen LogP contribution in [-0.2, 0) is 9.53 Å². The van der Waals surface area contributed by atoms with E-state index in [1.54, 1.807) is 6.92 Å². The molecule has 12 heavy (non-hydrogen) atoms. The summed E-state index contributed by atoms with van der Waals surface area (Å²) in [6.07, 6.45) is 1.46. The van der Waals surface area contributed by atoms with E-state index in [4.69, 9.17) is 4.42 Å².